The molecule has 1 aromatic carbocycles. The Bertz CT molecular complexity index is 1330. The number of nitrogens with one attached hydrogen (secondary N) is 1. The van der Waals surface area contributed by atoms with E-state index in [0.717, 1.165) is 10.6 Å². The highest BCUT2D eigenvalue weighted by Gasteiger charge is 2.54. The maximum atomic E-state index is 13.9. The first kappa shape index (κ1) is 24.9. The van der Waals surface area contributed by atoms with Crippen LogP contribution in [0.1, 0.15) is 55.2 Å². The van der Waals surface area contributed by atoms with E-state index < -0.39 is 35.3 Å². The highest BCUT2D eigenvalue weighted by atomic mass is 19.4. The summed E-state index contributed by atoms with van der Waals surface area (Å²) in [5.74, 6) is 0.325. The molecule has 11 heteroatoms. The van der Waals surface area contributed by atoms with Gasteiger partial charge in [-0.25, -0.2) is 18.7 Å². The Kier molecular flexibility index (Phi) is 6.23. The summed E-state index contributed by atoms with van der Waals surface area (Å²) in [7, 11) is 0. The standard InChI is InChI=1S/C24H25F5N4O2/c1-5-35-19-18-16(11-33(21(19)34)23(9-10-23)22(25)26)20(32-14(4)31-18)30-13(3)15-7-6-8-17(12(15)2)24(27,28)29/h6-8,11,13,22H,5,9-10H2,1-4H3,(H,30,31,32)/t13-/m1/s1. The van der Waals surface area contributed by atoms with E-state index in [4.69, 9.17) is 4.74 Å². The van der Waals surface area contributed by atoms with Crippen LogP contribution in [-0.4, -0.2) is 27.6 Å². The van der Waals surface area contributed by atoms with Crippen molar-refractivity contribution in [1.29, 1.82) is 0 Å². The molecule has 1 fully saturated rings. The van der Waals surface area contributed by atoms with Gasteiger partial charge in [0.15, 0.2) is 0 Å². The molecule has 0 aliphatic heterocycles. The van der Waals surface area contributed by atoms with Gasteiger partial charge in [0.25, 0.3) is 12.0 Å². The van der Waals surface area contributed by atoms with Crippen molar-refractivity contribution in [2.45, 2.75) is 64.7 Å². The molecule has 1 saturated carbocycles. The molecule has 1 atom stereocenters. The molecule has 0 radical (unpaired) electrons. The number of ether oxygens (including phenoxy) is 1. The number of rotatable bonds is 7. The van der Waals surface area contributed by atoms with E-state index in [1.165, 1.54) is 19.2 Å². The molecule has 4 rings (SSSR count). The van der Waals surface area contributed by atoms with Crippen molar-refractivity contribution in [2.75, 3.05) is 11.9 Å². The molecule has 0 unspecified atom stereocenters. The van der Waals surface area contributed by atoms with Gasteiger partial charge in [0.05, 0.1) is 23.6 Å². The van der Waals surface area contributed by atoms with Crippen molar-refractivity contribution in [3.63, 3.8) is 0 Å². The van der Waals surface area contributed by atoms with Crippen LogP contribution < -0.4 is 15.6 Å². The summed E-state index contributed by atoms with van der Waals surface area (Å²) >= 11 is 0. The second kappa shape index (κ2) is 8.76. The molecule has 35 heavy (non-hydrogen) atoms. The van der Waals surface area contributed by atoms with Gasteiger partial charge in [-0.15, -0.1) is 0 Å². The van der Waals surface area contributed by atoms with Crippen molar-refractivity contribution in [2.24, 2.45) is 0 Å². The maximum absolute atomic E-state index is 13.9. The average molecular weight is 496 g/mol. The largest absolute Gasteiger partial charge is 0.487 e. The number of hydrogen-bond donors (Lipinski definition) is 1. The highest BCUT2D eigenvalue weighted by Crippen LogP contribution is 2.48. The molecule has 0 spiro atoms. The van der Waals surface area contributed by atoms with Crippen LogP contribution >= 0.6 is 0 Å². The molecule has 3 aromatic rings. The van der Waals surface area contributed by atoms with Crippen LogP contribution in [0.25, 0.3) is 10.9 Å². The first-order valence-electron chi connectivity index (χ1n) is 11.2. The first-order chi connectivity index (χ1) is 16.4. The van der Waals surface area contributed by atoms with Crippen molar-refractivity contribution in [3.05, 3.63) is 57.3 Å². The second-order valence-electron chi connectivity index (χ2n) is 8.74. The number of anilines is 1. The van der Waals surface area contributed by atoms with Crippen LogP contribution in [-0.2, 0) is 11.7 Å². The van der Waals surface area contributed by atoms with Crippen LogP contribution in [0, 0.1) is 13.8 Å². The lowest BCUT2D eigenvalue weighted by Crippen LogP contribution is -2.36. The summed E-state index contributed by atoms with van der Waals surface area (Å²) in [6.45, 7) is 6.43. The molecule has 0 amide bonds. The van der Waals surface area contributed by atoms with E-state index in [1.54, 1.807) is 26.8 Å². The van der Waals surface area contributed by atoms with Crippen LogP contribution in [0.3, 0.4) is 0 Å². The van der Waals surface area contributed by atoms with Crippen LogP contribution in [0.2, 0.25) is 0 Å². The lowest BCUT2D eigenvalue weighted by molar-refractivity contribution is -0.138. The van der Waals surface area contributed by atoms with E-state index in [0.29, 0.717) is 5.56 Å². The first-order valence-corrected chi connectivity index (χ1v) is 11.2. The minimum atomic E-state index is -4.51. The minimum absolute atomic E-state index is 0.0663. The Morgan fingerprint density at radius 2 is 1.89 bits per heavy atom. The number of fused-ring (bicyclic) bond motifs is 1. The van der Waals surface area contributed by atoms with Gasteiger partial charge >= 0.3 is 6.18 Å². The summed E-state index contributed by atoms with van der Waals surface area (Å²) in [6.07, 6.45) is -5.70. The van der Waals surface area contributed by atoms with Crippen LogP contribution in [0.5, 0.6) is 5.75 Å². The third-order valence-electron chi connectivity index (χ3n) is 6.38. The summed E-state index contributed by atoms with van der Waals surface area (Å²) in [5.41, 5.74) is -2.45. The van der Waals surface area contributed by atoms with Crippen molar-refractivity contribution in [1.82, 2.24) is 14.5 Å². The third kappa shape index (κ3) is 4.32. The highest BCUT2D eigenvalue weighted by molar-refractivity contribution is 5.92. The van der Waals surface area contributed by atoms with Crippen LogP contribution in [0.4, 0.5) is 27.8 Å². The molecule has 0 saturated heterocycles. The Labute approximate surface area is 198 Å². The van der Waals surface area contributed by atoms with Gasteiger partial charge in [-0.3, -0.25) is 9.36 Å². The van der Waals surface area contributed by atoms with E-state index >= 15 is 0 Å². The van der Waals surface area contributed by atoms with Gasteiger partial charge in [0, 0.05) is 6.20 Å². The zero-order chi connectivity index (χ0) is 25.7. The predicted molar refractivity (Wildman–Crippen MR) is 121 cm³/mol. The molecule has 188 valence electrons. The van der Waals surface area contributed by atoms with Gasteiger partial charge in [-0.05, 0) is 57.7 Å². The smallest absolute Gasteiger partial charge is 0.416 e. The number of aromatic nitrogens is 3. The molecule has 0 bridgehead atoms. The fraction of sp³-hybridized carbons (Fsp3) is 0.458. The number of pyridine rings is 1. The summed E-state index contributed by atoms with van der Waals surface area (Å²) in [6, 6.07) is 3.30. The van der Waals surface area contributed by atoms with Crippen molar-refractivity contribution >= 4 is 16.7 Å². The molecule has 1 aliphatic rings. The number of hydrogen-bond acceptors (Lipinski definition) is 5. The zero-order valence-electron chi connectivity index (χ0n) is 19.6. The SMILES string of the molecule is CCOc1c(=O)n(C2(C(F)F)CC2)cc2c(N[C@H](C)c3cccc(C(F)(F)F)c3C)nc(C)nc12. The molecule has 1 aliphatic carbocycles. The van der Waals surface area contributed by atoms with E-state index in [-0.39, 0.29) is 53.3 Å². The Balaban J connectivity index is 1.88. The van der Waals surface area contributed by atoms with E-state index in [2.05, 4.69) is 15.3 Å². The average Bonchev–Trinajstić information content (AvgIpc) is 3.57. The zero-order valence-corrected chi connectivity index (χ0v) is 19.6. The maximum Gasteiger partial charge on any atom is 0.416 e. The van der Waals surface area contributed by atoms with Gasteiger partial charge in [-0.1, -0.05) is 12.1 Å². The quantitative estimate of drug-likeness (QED) is 0.422. The summed E-state index contributed by atoms with van der Waals surface area (Å²) < 4.78 is 74.6. The number of alkyl halides is 5. The normalized spacial score (nSPS) is 15.9. The number of benzene rings is 1. The lowest BCUT2D eigenvalue weighted by Gasteiger charge is -2.23. The molecule has 2 heterocycles. The Hall–Kier alpha value is -3.24. The van der Waals surface area contributed by atoms with E-state index in [9.17, 15) is 26.7 Å². The Morgan fingerprint density at radius 3 is 2.46 bits per heavy atom. The Morgan fingerprint density at radius 1 is 1.20 bits per heavy atom. The minimum Gasteiger partial charge on any atom is -0.487 e. The topological polar surface area (TPSA) is 69.0 Å². The summed E-state index contributed by atoms with van der Waals surface area (Å²) in [4.78, 5) is 21.8. The fourth-order valence-corrected chi connectivity index (χ4v) is 4.40. The third-order valence-corrected chi connectivity index (χ3v) is 6.38. The monoisotopic (exact) mass is 496 g/mol. The lowest BCUT2D eigenvalue weighted by atomic mass is 9.97. The predicted octanol–water partition coefficient (Wildman–Crippen LogP) is 5.75. The second-order valence-corrected chi connectivity index (χ2v) is 8.74. The molecule has 2 aromatic heterocycles. The number of aryl methyl sites for hydroxylation is 1. The number of halogens is 5. The van der Waals surface area contributed by atoms with Gasteiger partial charge < -0.3 is 10.1 Å². The molecular formula is C24H25F5N4O2. The molecule has 1 N–H and O–H groups in total. The van der Waals surface area contributed by atoms with Crippen molar-refractivity contribution in [3.8, 4) is 5.75 Å². The van der Waals surface area contributed by atoms with E-state index in [1.807, 2.05) is 0 Å². The number of nitrogens with zero attached hydrogens (tertiary/aromatic N) is 3. The van der Waals surface area contributed by atoms with Gasteiger partial charge in [-0.2, -0.15) is 13.2 Å². The van der Waals surface area contributed by atoms with Crippen molar-refractivity contribution < 1.29 is 26.7 Å². The molecule has 6 nitrogen and oxygen atoms in total. The van der Waals surface area contributed by atoms with Gasteiger partial charge in [0.1, 0.15) is 22.7 Å². The molecular weight excluding hydrogens is 471 g/mol. The summed E-state index contributed by atoms with van der Waals surface area (Å²) in [5, 5.41) is 3.37. The fourth-order valence-electron chi connectivity index (χ4n) is 4.40. The van der Waals surface area contributed by atoms with Crippen LogP contribution in [0.15, 0.2) is 29.2 Å². The van der Waals surface area contributed by atoms with Gasteiger partial charge in [0.2, 0.25) is 5.75 Å².